The lowest BCUT2D eigenvalue weighted by atomic mass is 10.1. The van der Waals surface area contributed by atoms with Crippen molar-refractivity contribution < 1.29 is 24.9 Å². The molecule has 0 spiro atoms. The molecule has 144 valence electrons. The maximum atomic E-state index is 12.4. The number of aromatic carboxylic acids is 1. The first-order valence-corrected chi connectivity index (χ1v) is 8.99. The predicted octanol–water partition coefficient (Wildman–Crippen LogP) is 3.47. The average molecular weight is 407 g/mol. The molecule has 0 unspecified atom stereocenters. The third-order valence-corrected chi connectivity index (χ3v) is 4.59. The first-order chi connectivity index (χ1) is 13.9. The summed E-state index contributed by atoms with van der Waals surface area (Å²) in [4.78, 5) is 27.5. The van der Waals surface area contributed by atoms with Crippen LogP contribution in [0.2, 0.25) is 0 Å². The Morgan fingerprint density at radius 1 is 1.10 bits per heavy atom. The third kappa shape index (κ3) is 4.58. The molecule has 0 atom stereocenters. The number of benzene rings is 2. The number of carboxylic acids is 1. The molecule has 1 amide bonds. The lowest BCUT2D eigenvalue weighted by molar-refractivity contribution is -0.112. The smallest absolute Gasteiger partial charge is 0.335 e. The number of carbonyl (C=O) groups is 2. The van der Waals surface area contributed by atoms with E-state index >= 15 is 0 Å². The number of phenols is 2. The Balaban J connectivity index is 1.76. The Hall–Kier alpha value is -4.16. The van der Waals surface area contributed by atoms with E-state index in [4.69, 9.17) is 5.11 Å². The van der Waals surface area contributed by atoms with Gasteiger partial charge >= 0.3 is 5.97 Å². The van der Waals surface area contributed by atoms with Crippen LogP contribution in [-0.2, 0) is 4.79 Å². The van der Waals surface area contributed by atoms with Gasteiger partial charge in [0, 0.05) is 10.9 Å². The van der Waals surface area contributed by atoms with Gasteiger partial charge in [-0.05, 0) is 35.9 Å². The van der Waals surface area contributed by atoms with Crippen molar-refractivity contribution in [3.63, 3.8) is 0 Å². The minimum absolute atomic E-state index is 0.154. The number of hydrogen-bond acceptors (Lipinski definition) is 7. The van der Waals surface area contributed by atoms with E-state index < -0.39 is 11.9 Å². The van der Waals surface area contributed by atoms with E-state index in [1.165, 1.54) is 36.4 Å². The molecule has 0 saturated heterocycles. The number of carboxylic acid groups (broad SMARTS) is 1. The van der Waals surface area contributed by atoms with Crippen LogP contribution in [0.5, 0.6) is 11.5 Å². The number of thiazole rings is 1. The van der Waals surface area contributed by atoms with Crippen LogP contribution in [0.15, 0.2) is 53.4 Å². The van der Waals surface area contributed by atoms with Crippen molar-refractivity contribution in [3.8, 4) is 28.8 Å². The van der Waals surface area contributed by atoms with Crippen molar-refractivity contribution in [3.05, 3.63) is 64.5 Å². The van der Waals surface area contributed by atoms with Crippen LogP contribution < -0.4 is 5.32 Å². The third-order valence-electron chi connectivity index (χ3n) is 3.83. The minimum atomic E-state index is -1.03. The van der Waals surface area contributed by atoms with Crippen LogP contribution in [0.25, 0.3) is 17.3 Å². The quantitative estimate of drug-likeness (QED) is 0.288. The first kappa shape index (κ1) is 19.6. The van der Waals surface area contributed by atoms with E-state index in [9.17, 15) is 25.1 Å². The van der Waals surface area contributed by atoms with Gasteiger partial charge in [-0.2, -0.15) is 5.26 Å². The van der Waals surface area contributed by atoms with Crippen LogP contribution >= 0.6 is 11.3 Å². The monoisotopic (exact) mass is 407 g/mol. The number of rotatable bonds is 5. The number of nitrogens with zero attached hydrogens (tertiary/aromatic N) is 2. The number of nitriles is 1. The highest BCUT2D eigenvalue weighted by molar-refractivity contribution is 7.14. The van der Waals surface area contributed by atoms with Crippen LogP contribution in [0.4, 0.5) is 5.13 Å². The molecule has 4 N–H and O–H groups in total. The van der Waals surface area contributed by atoms with Gasteiger partial charge in [-0.3, -0.25) is 10.1 Å². The Morgan fingerprint density at radius 2 is 1.83 bits per heavy atom. The first-order valence-electron chi connectivity index (χ1n) is 8.12. The summed E-state index contributed by atoms with van der Waals surface area (Å²) in [6, 6.07) is 11.8. The summed E-state index contributed by atoms with van der Waals surface area (Å²) in [6.45, 7) is 0. The van der Waals surface area contributed by atoms with E-state index in [1.807, 2.05) is 0 Å². The number of aromatic nitrogens is 1. The molecule has 3 aromatic rings. The second-order valence-electron chi connectivity index (χ2n) is 5.79. The summed E-state index contributed by atoms with van der Waals surface area (Å²) in [7, 11) is 0. The summed E-state index contributed by atoms with van der Waals surface area (Å²) in [5.41, 5.74) is 1.54. The van der Waals surface area contributed by atoms with Crippen molar-refractivity contribution in [1.29, 1.82) is 5.26 Å². The largest absolute Gasteiger partial charge is 0.504 e. The maximum absolute atomic E-state index is 12.4. The number of hydrogen-bond donors (Lipinski definition) is 4. The van der Waals surface area contributed by atoms with E-state index in [-0.39, 0.29) is 27.8 Å². The summed E-state index contributed by atoms with van der Waals surface area (Å²) in [5.74, 6) is -2.38. The summed E-state index contributed by atoms with van der Waals surface area (Å²) < 4.78 is 0. The predicted molar refractivity (Wildman–Crippen MR) is 107 cm³/mol. The topological polar surface area (TPSA) is 144 Å². The molecule has 0 saturated carbocycles. The molecule has 0 bridgehead atoms. The highest BCUT2D eigenvalue weighted by Gasteiger charge is 2.13. The van der Waals surface area contributed by atoms with Gasteiger partial charge in [-0.1, -0.05) is 18.2 Å². The standard InChI is InChI=1S/C20H13N3O5S/c21-9-14(7-11-1-6-16(24)17(25)8-11)18(26)23-20-22-15(10-29-20)12-2-4-13(5-3-12)19(27)28/h1-8,10,24-25H,(H,27,28)(H,22,23,26)/b14-7+. The average Bonchev–Trinajstić information content (AvgIpc) is 3.17. The van der Waals surface area contributed by atoms with Gasteiger partial charge in [0.1, 0.15) is 11.6 Å². The fourth-order valence-corrected chi connectivity index (χ4v) is 3.07. The highest BCUT2D eigenvalue weighted by Crippen LogP contribution is 2.27. The zero-order valence-electron chi connectivity index (χ0n) is 14.7. The molecule has 3 rings (SSSR count). The minimum Gasteiger partial charge on any atom is -0.504 e. The van der Waals surface area contributed by atoms with E-state index in [0.717, 1.165) is 11.3 Å². The number of anilines is 1. The normalized spacial score (nSPS) is 10.9. The maximum Gasteiger partial charge on any atom is 0.335 e. The molecule has 9 heteroatoms. The van der Waals surface area contributed by atoms with E-state index in [1.54, 1.807) is 23.6 Å². The SMILES string of the molecule is N#C/C(=C\c1ccc(O)c(O)c1)C(=O)Nc1nc(-c2ccc(C(=O)O)cc2)cs1. The summed E-state index contributed by atoms with van der Waals surface area (Å²) >= 11 is 1.15. The van der Waals surface area contributed by atoms with Gasteiger partial charge < -0.3 is 15.3 Å². The van der Waals surface area contributed by atoms with Crippen LogP contribution in [0, 0.1) is 11.3 Å². The molecule has 1 heterocycles. The van der Waals surface area contributed by atoms with Crippen molar-refractivity contribution in [2.24, 2.45) is 0 Å². The van der Waals surface area contributed by atoms with Crippen LogP contribution in [0.3, 0.4) is 0 Å². The second kappa shape index (κ2) is 8.24. The molecule has 0 fully saturated rings. The number of nitrogens with one attached hydrogen (secondary N) is 1. The molecule has 0 aliphatic rings. The van der Waals surface area contributed by atoms with Gasteiger partial charge in [0.15, 0.2) is 16.6 Å². The second-order valence-corrected chi connectivity index (χ2v) is 6.65. The zero-order valence-corrected chi connectivity index (χ0v) is 15.5. The number of phenolic OH excluding ortho intramolecular Hbond substituents is 2. The summed E-state index contributed by atoms with van der Waals surface area (Å²) in [5, 5.41) is 41.5. The fraction of sp³-hybridized carbons (Fsp3) is 0. The van der Waals surface area contributed by atoms with Crippen LogP contribution in [0.1, 0.15) is 15.9 Å². The molecule has 8 nitrogen and oxygen atoms in total. The van der Waals surface area contributed by atoms with Gasteiger partial charge in [0.2, 0.25) is 0 Å². The lowest BCUT2D eigenvalue weighted by Gasteiger charge is -2.02. The van der Waals surface area contributed by atoms with E-state index in [0.29, 0.717) is 16.8 Å². The van der Waals surface area contributed by atoms with Crippen molar-refractivity contribution in [1.82, 2.24) is 4.98 Å². The molecular weight excluding hydrogens is 394 g/mol. The number of amides is 1. The summed E-state index contributed by atoms with van der Waals surface area (Å²) in [6.07, 6.45) is 1.27. The lowest BCUT2D eigenvalue weighted by Crippen LogP contribution is -2.13. The number of carbonyl (C=O) groups excluding carboxylic acids is 1. The Labute approximate surface area is 168 Å². The molecule has 29 heavy (non-hydrogen) atoms. The Kier molecular flexibility index (Phi) is 5.57. The molecule has 1 aromatic heterocycles. The van der Waals surface area contributed by atoms with Crippen molar-refractivity contribution in [2.75, 3.05) is 5.32 Å². The number of aromatic hydroxyl groups is 2. The van der Waals surface area contributed by atoms with Crippen molar-refractivity contribution in [2.45, 2.75) is 0 Å². The van der Waals surface area contributed by atoms with Gasteiger partial charge in [-0.15, -0.1) is 11.3 Å². The molecular formula is C20H13N3O5S. The van der Waals surface area contributed by atoms with Gasteiger partial charge in [0.05, 0.1) is 11.3 Å². The highest BCUT2D eigenvalue weighted by atomic mass is 32.1. The van der Waals surface area contributed by atoms with E-state index in [2.05, 4.69) is 10.3 Å². The van der Waals surface area contributed by atoms with Gasteiger partial charge in [-0.25, -0.2) is 9.78 Å². The fourth-order valence-electron chi connectivity index (χ4n) is 2.36. The van der Waals surface area contributed by atoms with Gasteiger partial charge in [0.25, 0.3) is 5.91 Å². The zero-order chi connectivity index (χ0) is 21.0. The Bertz CT molecular complexity index is 1160. The molecule has 0 aliphatic carbocycles. The van der Waals surface area contributed by atoms with Crippen LogP contribution in [-0.4, -0.2) is 32.2 Å². The Morgan fingerprint density at radius 3 is 2.45 bits per heavy atom. The van der Waals surface area contributed by atoms with Crippen molar-refractivity contribution >= 4 is 34.4 Å². The molecule has 0 radical (unpaired) electrons. The molecule has 2 aromatic carbocycles. The molecule has 0 aliphatic heterocycles.